The topological polar surface area (TPSA) is 93.1 Å². The lowest BCUT2D eigenvalue weighted by atomic mass is 9.87. The van der Waals surface area contributed by atoms with Crippen molar-refractivity contribution in [1.82, 2.24) is 4.90 Å². The molecule has 7 heteroatoms. The number of rotatable bonds is 9. The number of nitrogens with zero attached hydrogens (tertiary/aromatic N) is 1. The molecule has 7 nitrogen and oxygen atoms in total. The quantitative estimate of drug-likeness (QED) is 0.500. The van der Waals surface area contributed by atoms with E-state index in [4.69, 9.17) is 14.6 Å². The molecule has 2 heterocycles. The van der Waals surface area contributed by atoms with E-state index in [9.17, 15) is 14.4 Å². The van der Waals surface area contributed by atoms with Gasteiger partial charge in [0.15, 0.2) is 0 Å². The predicted octanol–water partition coefficient (Wildman–Crippen LogP) is 2.88. The van der Waals surface area contributed by atoms with E-state index in [1.807, 2.05) is 13.1 Å². The molecule has 0 spiro atoms. The largest absolute Gasteiger partial charge is 0.481 e. The summed E-state index contributed by atoms with van der Waals surface area (Å²) in [6.07, 6.45) is 4.03. The van der Waals surface area contributed by atoms with E-state index >= 15 is 0 Å². The first-order valence-electron chi connectivity index (χ1n) is 10.3. The number of esters is 2. The first kappa shape index (κ1) is 21.3. The van der Waals surface area contributed by atoms with E-state index < -0.39 is 24.0 Å². The number of piperidine rings is 1. The Bertz CT molecular complexity index is 721. The first-order chi connectivity index (χ1) is 14.0. The molecule has 2 fully saturated rings. The van der Waals surface area contributed by atoms with E-state index in [0.717, 1.165) is 12.8 Å². The van der Waals surface area contributed by atoms with Gasteiger partial charge in [-0.25, -0.2) is 4.79 Å². The Labute approximate surface area is 171 Å². The number of fused-ring (bicyclic) bond motifs is 2. The van der Waals surface area contributed by atoms with Crippen LogP contribution in [0.2, 0.25) is 0 Å². The normalized spacial score (nSPS) is 26.1. The number of benzene rings is 1. The highest BCUT2D eigenvalue weighted by Gasteiger charge is 2.51. The van der Waals surface area contributed by atoms with Gasteiger partial charge in [0.1, 0.15) is 12.0 Å². The van der Waals surface area contributed by atoms with Crippen molar-refractivity contribution < 1.29 is 29.0 Å². The van der Waals surface area contributed by atoms with E-state index in [1.54, 1.807) is 24.3 Å². The molecule has 3 rings (SSSR count). The third-order valence-corrected chi connectivity index (χ3v) is 6.03. The summed E-state index contributed by atoms with van der Waals surface area (Å²) in [5.74, 6) is -2.05. The Kier molecular flexibility index (Phi) is 7.25. The van der Waals surface area contributed by atoms with Crippen molar-refractivity contribution in [3.63, 3.8) is 0 Å². The number of hydrogen-bond donors (Lipinski definition) is 1. The zero-order valence-electron chi connectivity index (χ0n) is 16.8. The smallest absolute Gasteiger partial charge is 0.338 e. The van der Waals surface area contributed by atoms with Crippen LogP contribution in [0.1, 0.15) is 55.3 Å². The molecule has 1 aromatic carbocycles. The maximum atomic E-state index is 12.9. The number of unbranched alkanes of at least 4 members (excludes halogenated alkanes) is 2. The van der Waals surface area contributed by atoms with Gasteiger partial charge in [0.05, 0.1) is 12.2 Å². The number of ether oxygens (including phenoxy) is 2. The third kappa shape index (κ3) is 5.35. The molecule has 1 N–H and O–H groups in total. The number of carbonyl (C=O) groups excluding carboxylic acids is 2. The summed E-state index contributed by atoms with van der Waals surface area (Å²) in [5, 5.41) is 8.67. The van der Waals surface area contributed by atoms with Gasteiger partial charge < -0.3 is 14.6 Å². The van der Waals surface area contributed by atoms with Crippen LogP contribution < -0.4 is 0 Å². The second-order valence-corrected chi connectivity index (χ2v) is 7.91. The molecular weight excluding hydrogens is 374 g/mol. The molecule has 0 amide bonds. The number of hydrogen-bond acceptors (Lipinski definition) is 6. The minimum atomic E-state index is -0.814. The summed E-state index contributed by atoms with van der Waals surface area (Å²) >= 11 is 0. The van der Waals surface area contributed by atoms with Gasteiger partial charge >= 0.3 is 17.9 Å². The lowest BCUT2D eigenvalue weighted by Crippen LogP contribution is -2.53. The minimum Gasteiger partial charge on any atom is -0.481 e. The van der Waals surface area contributed by atoms with Crippen molar-refractivity contribution in [3.8, 4) is 0 Å². The highest BCUT2D eigenvalue weighted by Crippen LogP contribution is 2.40. The van der Waals surface area contributed by atoms with Crippen molar-refractivity contribution in [3.05, 3.63) is 35.9 Å². The number of aliphatic carboxylic acids is 1. The first-order valence-corrected chi connectivity index (χ1v) is 10.3. The van der Waals surface area contributed by atoms with E-state index in [2.05, 4.69) is 4.90 Å². The maximum Gasteiger partial charge on any atom is 0.338 e. The predicted molar refractivity (Wildman–Crippen MR) is 105 cm³/mol. The highest BCUT2D eigenvalue weighted by molar-refractivity contribution is 5.89. The Morgan fingerprint density at radius 2 is 1.86 bits per heavy atom. The van der Waals surface area contributed by atoms with Crippen molar-refractivity contribution in [2.24, 2.45) is 5.92 Å². The standard InChI is InChI=1S/C22H29NO6/c1-23-16-11-12-17(23)20(22(27)28-13-7-3-6-10-19(24)25)18(14-16)29-21(26)15-8-4-2-5-9-15/h2,4-5,8-9,16-18,20H,3,6-7,10-14H2,1H3,(H,24,25)/t16-,17+,18-,20+/m0/s1. The van der Waals surface area contributed by atoms with Crippen LogP contribution in [-0.2, 0) is 19.1 Å². The van der Waals surface area contributed by atoms with Gasteiger partial charge in [0.25, 0.3) is 0 Å². The van der Waals surface area contributed by atoms with Crippen molar-refractivity contribution in [1.29, 1.82) is 0 Å². The van der Waals surface area contributed by atoms with Crippen LogP contribution in [0.5, 0.6) is 0 Å². The zero-order chi connectivity index (χ0) is 20.8. The lowest BCUT2D eigenvalue weighted by molar-refractivity contribution is -0.159. The highest BCUT2D eigenvalue weighted by atomic mass is 16.6. The SMILES string of the molecule is CN1[C@H]2CC[C@@H]1[C@@H](C(=O)OCCCCCC(=O)O)[C@@H](OC(=O)c1ccccc1)C2. The molecule has 0 radical (unpaired) electrons. The van der Waals surface area contributed by atoms with E-state index in [-0.39, 0.29) is 25.0 Å². The molecule has 2 aliphatic rings. The molecule has 2 bridgehead atoms. The average Bonchev–Trinajstić information content (AvgIpc) is 2.94. The lowest BCUT2D eigenvalue weighted by Gasteiger charge is -2.40. The minimum absolute atomic E-state index is 0.0156. The molecule has 29 heavy (non-hydrogen) atoms. The van der Waals surface area contributed by atoms with E-state index in [1.165, 1.54) is 0 Å². The van der Waals surface area contributed by atoms with Gasteiger partial charge in [-0.15, -0.1) is 0 Å². The summed E-state index contributed by atoms with van der Waals surface area (Å²) in [5.41, 5.74) is 0.476. The number of carboxylic acids is 1. The fourth-order valence-electron chi connectivity index (χ4n) is 4.45. The zero-order valence-corrected chi connectivity index (χ0v) is 16.8. The summed E-state index contributed by atoms with van der Waals surface area (Å²) < 4.78 is 11.3. The second kappa shape index (κ2) is 9.87. The van der Waals surface area contributed by atoms with Gasteiger partial charge in [-0.3, -0.25) is 14.5 Å². The summed E-state index contributed by atoms with van der Waals surface area (Å²) in [4.78, 5) is 38.2. The van der Waals surface area contributed by atoms with Crippen molar-refractivity contribution >= 4 is 17.9 Å². The molecule has 0 saturated carbocycles. The van der Waals surface area contributed by atoms with Gasteiger partial charge in [0, 0.05) is 24.9 Å². The Hall–Kier alpha value is -2.41. The molecule has 2 saturated heterocycles. The monoisotopic (exact) mass is 403 g/mol. The summed E-state index contributed by atoms with van der Waals surface area (Å²) in [6.45, 7) is 0.258. The van der Waals surface area contributed by atoms with Gasteiger partial charge in [-0.05, 0) is 51.3 Å². The van der Waals surface area contributed by atoms with Crippen LogP contribution in [0.15, 0.2) is 30.3 Å². The van der Waals surface area contributed by atoms with E-state index in [0.29, 0.717) is 37.3 Å². The average molecular weight is 403 g/mol. The molecular formula is C22H29NO6. The Morgan fingerprint density at radius 3 is 2.59 bits per heavy atom. The maximum absolute atomic E-state index is 12.9. The van der Waals surface area contributed by atoms with Gasteiger partial charge in [-0.1, -0.05) is 18.2 Å². The van der Waals surface area contributed by atoms with Crippen LogP contribution in [0.4, 0.5) is 0 Å². The number of carbonyl (C=O) groups is 3. The van der Waals surface area contributed by atoms with Crippen molar-refractivity contribution in [2.45, 2.75) is 63.1 Å². The molecule has 0 unspecified atom stereocenters. The van der Waals surface area contributed by atoms with Crippen LogP contribution in [0.3, 0.4) is 0 Å². The van der Waals surface area contributed by atoms with Gasteiger partial charge in [0.2, 0.25) is 0 Å². The van der Waals surface area contributed by atoms with Gasteiger partial charge in [-0.2, -0.15) is 0 Å². The molecule has 158 valence electrons. The Balaban J connectivity index is 1.58. The summed E-state index contributed by atoms with van der Waals surface area (Å²) in [6, 6.07) is 9.14. The molecule has 4 atom stereocenters. The fourth-order valence-corrected chi connectivity index (χ4v) is 4.45. The number of carboxylic acid groups (broad SMARTS) is 1. The van der Waals surface area contributed by atoms with Crippen LogP contribution in [0.25, 0.3) is 0 Å². The second-order valence-electron chi connectivity index (χ2n) is 7.91. The van der Waals surface area contributed by atoms with Crippen LogP contribution in [0, 0.1) is 5.92 Å². The van der Waals surface area contributed by atoms with Crippen LogP contribution in [-0.4, -0.2) is 59.8 Å². The Morgan fingerprint density at radius 1 is 1.10 bits per heavy atom. The molecule has 0 aliphatic carbocycles. The van der Waals surface area contributed by atoms with Crippen molar-refractivity contribution in [2.75, 3.05) is 13.7 Å². The molecule has 1 aromatic rings. The molecule has 0 aromatic heterocycles. The fraction of sp³-hybridized carbons (Fsp3) is 0.591. The molecule has 2 aliphatic heterocycles. The van der Waals surface area contributed by atoms with Crippen LogP contribution >= 0.6 is 0 Å². The third-order valence-electron chi connectivity index (χ3n) is 6.03. The summed E-state index contributed by atoms with van der Waals surface area (Å²) in [7, 11) is 2.02.